The van der Waals surface area contributed by atoms with Crippen molar-refractivity contribution in [3.05, 3.63) is 34.6 Å². The molecule has 78 valence electrons. The van der Waals surface area contributed by atoms with Crippen LogP contribution in [0, 0.1) is 5.82 Å². The molecule has 1 unspecified atom stereocenters. The Morgan fingerprint density at radius 2 is 2.21 bits per heavy atom. The standard InChI is InChI=1S/C10H11ClFN.ClH/c11-8-4-3-7(6-9(8)12)10-2-1-5-13-10;/h3-4,6,10,13H,1-2,5H2;1H. The molecule has 0 spiro atoms. The van der Waals surface area contributed by atoms with E-state index in [1.54, 1.807) is 6.07 Å². The number of halogens is 3. The highest BCUT2D eigenvalue weighted by atomic mass is 35.5. The molecule has 1 saturated heterocycles. The smallest absolute Gasteiger partial charge is 0.142 e. The fraction of sp³-hybridized carbons (Fsp3) is 0.400. The summed E-state index contributed by atoms with van der Waals surface area (Å²) < 4.78 is 13.1. The molecule has 0 aromatic heterocycles. The van der Waals surface area contributed by atoms with E-state index in [0.717, 1.165) is 24.9 Å². The lowest BCUT2D eigenvalue weighted by atomic mass is 10.1. The Balaban J connectivity index is 0.000000980. The van der Waals surface area contributed by atoms with Crippen molar-refractivity contribution in [1.29, 1.82) is 0 Å². The van der Waals surface area contributed by atoms with Crippen molar-refractivity contribution in [2.45, 2.75) is 18.9 Å². The highest BCUT2D eigenvalue weighted by Crippen LogP contribution is 2.25. The minimum absolute atomic E-state index is 0. The Kier molecular flexibility index (Phi) is 4.17. The van der Waals surface area contributed by atoms with Gasteiger partial charge in [0, 0.05) is 6.04 Å². The Morgan fingerprint density at radius 1 is 1.43 bits per heavy atom. The lowest BCUT2D eigenvalue weighted by Gasteiger charge is -2.10. The molecule has 1 aromatic rings. The molecule has 14 heavy (non-hydrogen) atoms. The summed E-state index contributed by atoms with van der Waals surface area (Å²) in [6, 6.07) is 5.33. The maximum Gasteiger partial charge on any atom is 0.142 e. The van der Waals surface area contributed by atoms with E-state index in [1.165, 1.54) is 6.07 Å². The molecule has 1 fully saturated rings. The molecular weight excluding hydrogens is 224 g/mol. The van der Waals surface area contributed by atoms with Gasteiger partial charge in [-0.25, -0.2) is 4.39 Å². The lowest BCUT2D eigenvalue weighted by molar-refractivity contribution is 0.607. The van der Waals surface area contributed by atoms with Crippen LogP contribution in [0.1, 0.15) is 24.4 Å². The minimum atomic E-state index is -0.326. The van der Waals surface area contributed by atoms with Crippen molar-refractivity contribution in [3.63, 3.8) is 0 Å². The Hall–Kier alpha value is -0.310. The monoisotopic (exact) mass is 235 g/mol. The molecule has 1 aliphatic heterocycles. The van der Waals surface area contributed by atoms with Crippen LogP contribution in [0.3, 0.4) is 0 Å². The van der Waals surface area contributed by atoms with E-state index in [9.17, 15) is 4.39 Å². The number of hydrogen-bond donors (Lipinski definition) is 1. The normalized spacial score (nSPS) is 20.6. The second-order valence-corrected chi connectivity index (χ2v) is 3.73. The summed E-state index contributed by atoms with van der Waals surface area (Å²) in [5.74, 6) is -0.326. The van der Waals surface area contributed by atoms with Gasteiger partial charge in [0.15, 0.2) is 0 Å². The summed E-state index contributed by atoms with van der Waals surface area (Å²) in [7, 11) is 0. The van der Waals surface area contributed by atoms with Crippen LogP contribution in [0.25, 0.3) is 0 Å². The molecule has 1 aliphatic rings. The van der Waals surface area contributed by atoms with Crippen molar-refractivity contribution in [2.75, 3.05) is 6.54 Å². The van der Waals surface area contributed by atoms with E-state index in [-0.39, 0.29) is 23.2 Å². The molecule has 1 heterocycles. The van der Waals surface area contributed by atoms with E-state index in [0.29, 0.717) is 6.04 Å². The summed E-state index contributed by atoms with van der Waals surface area (Å²) >= 11 is 5.59. The molecule has 1 N–H and O–H groups in total. The first-order valence-electron chi connectivity index (χ1n) is 4.46. The zero-order valence-corrected chi connectivity index (χ0v) is 9.17. The van der Waals surface area contributed by atoms with Crippen LogP contribution in [0.2, 0.25) is 5.02 Å². The van der Waals surface area contributed by atoms with Crippen LogP contribution in [-0.2, 0) is 0 Å². The number of hydrogen-bond acceptors (Lipinski definition) is 1. The molecule has 1 atom stereocenters. The predicted octanol–water partition coefficient (Wildman–Crippen LogP) is 3.33. The fourth-order valence-electron chi connectivity index (χ4n) is 1.70. The number of rotatable bonds is 1. The molecule has 2 rings (SSSR count). The molecule has 1 nitrogen and oxygen atoms in total. The van der Waals surface area contributed by atoms with Gasteiger partial charge in [-0.15, -0.1) is 12.4 Å². The third-order valence-electron chi connectivity index (χ3n) is 2.41. The van der Waals surface area contributed by atoms with Crippen LogP contribution in [0.5, 0.6) is 0 Å². The fourth-order valence-corrected chi connectivity index (χ4v) is 1.82. The molecular formula is C10H12Cl2FN. The second kappa shape index (κ2) is 4.96. The Morgan fingerprint density at radius 3 is 2.79 bits per heavy atom. The highest BCUT2D eigenvalue weighted by molar-refractivity contribution is 6.30. The molecule has 0 aliphatic carbocycles. The van der Waals surface area contributed by atoms with Gasteiger partial charge < -0.3 is 5.32 Å². The summed E-state index contributed by atoms with van der Waals surface area (Å²) in [5.41, 5.74) is 0.999. The first kappa shape index (κ1) is 11.8. The molecule has 0 radical (unpaired) electrons. The van der Waals surface area contributed by atoms with Gasteiger partial charge >= 0.3 is 0 Å². The summed E-state index contributed by atoms with van der Waals surface area (Å²) in [4.78, 5) is 0. The number of nitrogens with one attached hydrogen (secondary N) is 1. The van der Waals surface area contributed by atoms with Gasteiger partial charge in [-0.05, 0) is 37.1 Å². The quantitative estimate of drug-likeness (QED) is 0.788. The Labute approximate surface area is 94.1 Å². The molecule has 4 heteroatoms. The average Bonchev–Trinajstić information content (AvgIpc) is 2.62. The maximum absolute atomic E-state index is 13.1. The van der Waals surface area contributed by atoms with Crippen molar-refractivity contribution in [1.82, 2.24) is 5.32 Å². The van der Waals surface area contributed by atoms with Gasteiger partial charge in [0.05, 0.1) is 5.02 Å². The van der Waals surface area contributed by atoms with Crippen LogP contribution in [0.4, 0.5) is 4.39 Å². The summed E-state index contributed by atoms with van der Waals surface area (Å²) in [5, 5.41) is 3.51. The summed E-state index contributed by atoms with van der Waals surface area (Å²) in [6.07, 6.45) is 2.25. The van der Waals surface area contributed by atoms with Crippen molar-refractivity contribution < 1.29 is 4.39 Å². The number of benzene rings is 1. The zero-order valence-electron chi connectivity index (χ0n) is 7.59. The van der Waals surface area contributed by atoms with Crippen LogP contribution < -0.4 is 5.32 Å². The molecule has 0 saturated carbocycles. The largest absolute Gasteiger partial charge is 0.310 e. The van der Waals surface area contributed by atoms with Gasteiger partial charge in [-0.3, -0.25) is 0 Å². The summed E-state index contributed by atoms with van der Waals surface area (Å²) in [6.45, 7) is 1.02. The van der Waals surface area contributed by atoms with Crippen LogP contribution in [-0.4, -0.2) is 6.54 Å². The topological polar surface area (TPSA) is 12.0 Å². The Bertz CT molecular complexity index is 311. The zero-order chi connectivity index (χ0) is 9.26. The molecule has 0 bridgehead atoms. The second-order valence-electron chi connectivity index (χ2n) is 3.32. The van der Waals surface area contributed by atoms with Gasteiger partial charge in [0.25, 0.3) is 0 Å². The van der Waals surface area contributed by atoms with Crippen molar-refractivity contribution >= 4 is 24.0 Å². The van der Waals surface area contributed by atoms with Gasteiger partial charge in [0.1, 0.15) is 5.82 Å². The van der Waals surface area contributed by atoms with Gasteiger partial charge in [-0.2, -0.15) is 0 Å². The lowest BCUT2D eigenvalue weighted by Crippen LogP contribution is -2.12. The third-order valence-corrected chi connectivity index (χ3v) is 2.71. The van der Waals surface area contributed by atoms with E-state index >= 15 is 0 Å². The molecule has 0 amide bonds. The van der Waals surface area contributed by atoms with Gasteiger partial charge in [0.2, 0.25) is 0 Å². The first-order valence-corrected chi connectivity index (χ1v) is 4.83. The van der Waals surface area contributed by atoms with Gasteiger partial charge in [-0.1, -0.05) is 17.7 Å². The van der Waals surface area contributed by atoms with Crippen LogP contribution in [0.15, 0.2) is 18.2 Å². The van der Waals surface area contributed by atoms with E-state index in [1.807, 2.05) is 6.07 Å². The average molecular weight is 236 g/mol. The first-order chi connectivity index (χ1) is 6.27. The third kappa shape index (κ3) is 2.38. The maximum atomic E-state index is 13.1. The van der Waals surface area contributed by atoms with Crippen molar-refractivity contribution in [3.8, 4) is 0 Å². The van der Waals surface area contributed by atoms with E-state index in [2.05, 4.69) is 5.32 Å². The van der Waals surface area contributed by atoms with E-state index in [4.69, 9.17) is 11.6 Å². The van der Waals surface area contributed by atoms with E-state index < -0.39 is 0 Å². The molecule has 1 aromatic carbocycles. The predicted molar refractivity (Wildman–Crippen MR) is 58.6 cm³/mol. The van der Waals surface area contributed by atoms with Crippen LogP contribution >= 0.6 is 24.0 Å². The SMILES string of the molecule is Cl.Fc1cc(C2CCCN2)ccc1Cl. The highest BCUT2D eigenvalue weighted by Gasteiger charge is 2.16. The van der Waals surface area contributed by atoms with Crippen molar-refractivity contribution in [2.24, 2.45) is 0 Å². The minimum Gasteiger partial charge on any atom is -0.310 e.